The molecule has 0 aliphatic carbocycles. The molecular formula is C15H20INO4. The normalized spacial score (nSPS) is 10.4. The number of hydrogen-bond donors (Lipinski definition) is 0. The summed E-state index contributed by atoms with van der Waals surface area (Å²) in [6.07, 6.45) is 6.69. The van der Waals surface area contributed by atoms with Crippen LogP contribution in [0.15, 0.2) is 18.2 Å². The molecule has 0 bridgehead atoms. The van der Waals surface area contributed by atoms with E-state index in [1.165, 1.54) is 31.4 Å². The van der Waals surface area contributed by atoms with Crippen molar-refractivity contribution in [3.05, 3.63) is 37.4 Å². The molecule has 116 valence electrons. The van der Waals surface area contributed by atoms with E-state index in [9.17, 15) is 14.9 Å². The van der Waals surface area contributed by atoms with Crippen molar-refractivity contribution in [2.45, 2.75) is 45.4 Å². The minimum atomic E-state index is -0.513. The van der Waals surface area contributed by atoms with Crippen molar-refractivity contribution in [2.24, 2.45) is 0 Å². The van der Waals surface area contributed by atoms with Crippen LogP contribution in [-0.4, -0.2) is 17.5 Å². The molecule has 0 aliphatic heterocycles. The van der Waals surface area contributed by atoms with Gasteiger partial charge < -0.3 is 4.74 Å². The Morgan fingerprint density at radius 2 is 1.90 bits per heavy atom. The molecule has 0 radical (unpaired) electrons. The molecule has 0 aliphatic rings. The smallest absolute Gasteiger partial charge is 0.339 e. The Hall–Kier alpha value is -1.18. The van der Waals surface area contributed by atoms with Crippen molar-refractivity contribution in [1.82, 2.24) is 0 Å². The van der Waals surface area contributed by atoms with Crippen LogP contribution in [-0.2, 0) is 4.74 Å². The van der Waals surface area contributed by atoms with Gasteiger partial charge in [0.1, 0.15) is 0 Å². The quantitative estimate of drug-likeness (QED) is 0.196. The SMILES string of the molecule is CCCCCCCCOC(=O)c1cc([N+](=O)[O-])ccc1I. The summed E-state index contributed by atoms with van der Waals surface area (Å²) in [7, 11) is 0. The van der Waals surface area contributed by atoms with E-state index in [2.05, 4.69) is 6.92 Å². The van der Waals surface area contributed by atoms with Gasteiger partial charge in [0.05, 0.1) is 17.1 Å². The number of halogens is 1. The Balaban J connectivity index is 2.41. The number of rotatable bonds is 9. The predicted molar refractivity (Wildman–Crippen MR) is 89.5 cm³/mol. The maximum absolute atomic E-state index is 11.9. The van der Waals surface area contributed by atoms with Gasteiger partial charge in [-0.3, -0.25) is 10.1 Å². The molecule has 0 spiro atoms. The van der Waals surface area contributed by atoms with E-state index in [0.717, 1.165) is 19.3 Å². The highest BCUT2D eigenvalue weighted by Crippen LogP contribution is 2.20. The lowest BCUT2D eigenvalue weighted by Gasteiger charge is -2.06. The summed E-state index contributed by atoms with van der Waals surface area (Å²) in [5.74, 6) is -0.489. The average molecular weight is 405 g/mol. The first kappa shape index (κ1) is 17.9. The van der Waals surface area contributed by atoms with Crippen LogP contribution < -0.4 is 0 Å². The van der Waals surface area contributed by atoms with Crippen LogP contribution in [0.4, 0.5) is 5.69 Å². The molecule has 0 aromatic heterocycles. The number of non-ortho nitro benzene ring substituents is 1. The summed E-state index contributed by atoms with van der Waals surface area (Å²) in [6, 6.07) is 4.21. The zero-order valence-electron chi connectivity index (χ0n) is 12.1. The third-order valence-electron chi connectivity index (χ3n) is 3.11. The van der Waals surface area contributed by atoms with Crippen molar-refractivity contribution in [3.8, 4) is 0 Å². The topological polar surface area (TPSA) is 69.4 Å². The highest BCUT2D eigenvalue weighted by molar-refractivity contribution is 14.1. The zero-order valence-corrected chi connectivity index (χ0v) is 14.3. The van der Waals surface area contributed by atoms with E-state index in [1.54, 1.807) is 6.07 Å². The van der Waals surface area contributed by atoms with Crippen molar-refractivity contribution < 1.29 is 14.5 Å². The molecule has 0 N–H and O–H groups in total. The lowest BCUT2D eigenvalue weighted by molar-refractivity contribution is -0.384. The van der Waals surface area contributed by atoms with Crippen LogP contribution in [0, 0.1) is 13.7 Å². The molecule has 1 aromatic carbocycles. The molecular weight excluding hydrogens is 385 g/mol. The van der Waals surface area contributed by atoms with Crippen LogP contribution in [0.1, 0.15) is 55.8 Å². The minimum absolute atomic E-state index is 0.0954. The van der Waals surface area contributed by atoms with Gasteiger partial charge in [0.15, 0.2) is 0 Å². The molecule has 0 unspecified atom stereocenters. The summed E-state index contributed by atoms with van der Waals surface area (Å²) in [6.45, 7) is 2.53. The van der Waals surface area contributed by atoms with Gasteiger partial charge in [-0.25, -0.2) is 4.79 Å². The van der Waals surface area contributed by atoms with Gasteiger partial charge in [-0.05, 0) is 35.1 Å². The Kier molecular flexibility index (Phi) is 8.26. The van der Waals surface area contributed by atoms with Crippen LogP contribution in [0.25, 0.3) is 0 Å². The second-order valence-electron chi connectivity index (χ2n) is 4.82. The fraction of sp³-hybridized carbons (Fsp3) is 0.533. The van der Waals surface area contributed by atoms with E-state index in [4.69, 9.17) is 4.74 Å². The number of nitro benzene ring substituents is 1. The predicted octanol–water partition coefficient (Wildman–Crippen LogP) is 4.72. The number of ether oxygens (including phenoxy) is 1. The third-order valence-corrected chi connectivity index (χ3v) is 4.05. The Bertz CT molecular complexity index is 491. The van der Waals surface area contributed by atoms with Crippen LogP contribution in [0.3, 0.4) is 0 Å². The minimum Gasteiger partial charge on any atom is -0.462 e. The molecule has 0 fully saturated rings. The second-order valence-corrected chi connectivity index (χ2v) is 5.99. The van der Waals surface area contributed by atoms with Gasteiger partial charge >= 0.3 is 5.97 Å². The van der Waals surface area contributed by atoms with Crippen molar-refractivity contribution >= 4 is 34.2 Å². The van der Waals surface area contributed by atoms with E-state index in [1.807, 2.05) is 22.6 Å². The van der Waals surface area contributed by atoms with Gasteiger partial charge in [0.2, 0.25) is 0 Å². The molecule has 0 heterocycles. The second kappa shape index (κ2) is 9.70. The fourth-order valence-corrected chi connectivity index (χ4v) is 2.46. The lowest BCUT2D eigenvalue weighted by atomic mass is 10.1. The molecule has 21 heavy (non-hydrogen) atoms. The number of carbonyl (C=O) groups is 1. The maximum Gasteiger partial charge on any atom is 0.339 e. The molecule has 0 atom stereocenters. The summed E-state index contributed by atoms with van der Waals surface area (Å²) in [5.41, 5.74) is 0.165. The molecule has 5 nitrogen and oxygen atoms in total. The number of nitrogens with zero attached hydrogens (tertiary/aromatic N) is 1. The number of unbranched alkanes of at least 4 members (excludes halogenated alkanes) is 5. The first-order valence-electron chi connectivity index (χ1n) is 7.17. The van der Waals surface area contributed by atoms with E-state index >= 15 is 0 Å². The Morgan fingerprint density at radius 3 is 2.57 bits per heavy atom. The van der Waals surface area contributed by atoms with Crippen LogP contribution in [0.5, 0.6) is 0 Å². The fourth-order valence-electron chi connectivity index (χ4n) is 1.91. The van der Waals surface area contributed by atoms with Gasteiger partial charge in [-0.2, -0.15) is 0 Å². The maximum atomic E-state index is 11.9. The van der Waals surface area contributed by atoms with E-state index in [0.29, 0.717) is 10.2 Å². The lowest BCUT2D eigenvalue weighted by Crippen LogP contribution is -2.09. The van der Waals surface area contributed by atoms with Crippen LogP contribution >= 0.6 is 22.6 Å². The van der Waals surface area contributed by atoms with Gasteiger partial charge in [-0.15, -0.1) is 0 Å². The Labute approximate surface area is 138 Å². The largest absolute Gasteiger partial charge is 0.462 e. The van der Waals surface area contributed by atoms with Crippen molar-refractivity contribution in [2.75, 3.05) is 6.61 Å². The summed E-state index contributed by atoms with van der Waals surface area (Å²) >= 11 is 1.98. The van der Waals surface area contributed by atoms with Gasteiger partial charge in [0, 0.05) is 15.7 Å². The highest BCUT2D eigenvalue weighted by atomic mass is 127. The monoisotopic (exact) mass is 405 g/mol. The first-order chi connectivity index (χ1) is 10.1. The first-order valence-corrected chi connectivity index (χ1v) is 8.25. The number of benzene rings is 1. The number of nitro groups is 1. The molecule has 0 saturated heterocycles. The Morgan fingerprint density at radius 1 is 1.24 bits per heavy atom. The molecule has 0 amide bonds. The van der Waals surface area contributed by atoms with Crippen molar-refractivity contribution in [1.29, 1.82) is 0 Å². The highest BCUT2D eigenvalue weighted by Gasteiger charge is 2.16. The number of esters is 1. The standard InChI is InChI=1S/C15H20INO4/c1-2-3-4-5-6-7-10-21-15(18)13-11-12(17(19)20)8-9-14(13)16/h8-9,11H,2-7,10H2,1H3. The van der Waals surface area contributed by atoms with E-state index < -0.39 is 10.9 Å². The number of carbonyl (C=O) groups excluding carboxylic acids is 1. The van der Waals surface area contributed by atoms with Gasteiger partial charge in [-0.1, -0.05) is 39.0 Å². The average Bonchev–Trinajstić information content (AvgIpc) is 2.46. The number of hydrogen-bond acceptors (Lipinski definition) is 4. The molecule has 1 aromatic rings. The molecule has 0 saturated carbocycles. The summed E-state index contributed by atoms with van der Waals surface area (Å²) in [5, 5.41) is 10.7. The molecule has 1 rings (SSSR count). The summed E-state index contributed by atoms with van der Waals surface area (Å²) in [4.78, 5) is 22.1. The van der Waals surface area contributed by atoms with Gasteiger partial charge in [0.25, 0.3) is 5.69 Å². The van der Waals surface area contributed by atoms with E-state index in [-0.39, 0.29) is 11.3 Å². The van der Waals surface area contributed by atoms with Crippen LogP contribution in [0.2, 0.25) is 0 Å². The molecule has 6 heteroatoms. The van der Waals surface area contributed by atoms with Crippen molar-refractivity contribution in [3.63, 3.8) is 0 Å². The zero-order chi connectivity index (χ0) is 15.7. The summed E-state index contributed by atoms with van der Waals surface area (Å²) < 4.78 is 5.84. The third kappa shape index (κ3) is 6.41.